The highest BCUT2D eigenvalue weighted by atomic mass is 16.5. The lowest BCUT2D eigenvalue weighted by Crippen LogP contribution is -1.91. The second-order valence-electron chi connectivity index (χ2n) is 3.70. The molecule has 0 aliphatic rings. The van der Waals surface area contributed by atoms with Crippen LogP contribution in [0.1, 0.15) is 5.56 Å². The Morgan fingerprint density at radius 2 is 2.17 bits per heavy atom. The van der Waals surface area contributed by atoms with E-state index in [0.29, 0.717) is 0 Å². The number of methoxy groups -OCH3 is 1. The molecule has 3 heteroatoms. The molecule has 0 unspecified atom stereocenters. The van der Waals surface area contributed by atoms with Gasteiger partial charge in [-0.25, -0.2) is 9.97 Å². The van der Waals surface area contributed by atoms with Crippen LogP contribution in [0.25, 0.3) is 16.5 Å². The number of ether oxygens (including phenoxy) is 1. The molecule has 0 fully saturated rings. The molecule has 0 saturated heterocycles. The fraction of sp³-hybridized carbons (Fsp3) is 0.0667. The summed E-state index contributed by atoms with van der Waals surface area (Å²) >= 11 is 0. The Labute approximate surface area is 106 Å². The third-order valence-corrected chi connectivity index (χ3v) is 2.64. The van der Waals surface area contributed by atoms with Crippen molar-refractivity contribution in [2.75, 3.05) is 7.11 Å². The molecule has 18 heavy (non-hydrogen) atoms. The van der Waals surface area contributed by atoms with Crippen LogP contribution in [0.3, 0.4) is 0 Å². The molecule has 0 N–H and O–H groups in total. The Morgan fingerprint density at radius 1 is 1.33 bits per heavy atom. The minimum atomic E-state index is 0.724. The summed E-state index contributed by atoms with van der Waals surface area (Å²) in [5.41, 5.74) is 2.79. The summed E-state index contributed by atoms with van der Waals surface area (Å²) in [6.07, 6.45) is 8.69. The van der Waals surface area contributed by atoms with E-state index in [0.717, 1.165) is 27.8 Å². The molecule has 0 radical (unpaired) electrons. The van der Waals surface area contributed by atoms with Gasteiger partial charge in [-0.05, 0) is 23.3 Å². The fourth-order valence-electron chi connectivity index (χ4n) is 1.80. The maximum absolute atomic E-state index is 5.36. The number of aromatic nitrogens is 2. The second kappa shape index (κ2) is 5.27. The molecule has 0 atom stereocenters. The van der Waals surface area contributed by atoms with E-state index in [1.54, 1.807) is 25.5 Å². The predicted molar refractivity (Wildman–Crippen MR) is 74.5 cm³/mol. The van der Waals surface area contributed by atoms with Crippen LogP contribution in [0.4, 0.5) is 0 Å². The summed E-state index contributed by atoms with van der Waals surface area (Å²) in [7, 11) is 1.63. The minimum Gasteiger partial charge on any atom is -0.494 e. The van der Waals surface area contributed by atoms with Gasteiger partial charge in [0, 0.05) is 11.6 Å². The highest BCUT2D eigenvalue weighted by Crippen LogP contribution is 2.28. The van der Waals surface area contributed by atoms with E-state index in [2.05, 4.69) is 23.1 Å². The molecule has 2 aromatic rings. The first-order chi connectivity index (χ1) is 8.80. The van der Waals surface area contributed by atoms with E-state index in [1.165, 1.54) is 6.33 Å². The number of hydrogen-bond donors (Lipinski definition) is 0. The number of rotatable bonds is 4. The van der Waals surface area contributed by atoms with Crippen molar-refractivity contribution < 1.29 is 4.74 Å². The molecular formula is C15H14N2O. The van der Waals surface area contributed by atoms with Gasteiger partial charge in [0.1, 0.15) is 17.6 Å². The van der Waals surface area contributed by atoms with E-state index in [-0.39, 0.29) is 0 Å². The van der Waals surface area contributed by atoms with Crippen LogP contribution in [-0.2, 0) is 0 Å². The minimum absolute atomic E-state index is 0.724. The van der Waals surface area contributed by atoms with Gasteiger partial charge in [0.15, 0.2) is 0 Å². The quantitative estimate of drug-likeness (QED) is 0.766. The lowest BCUT2D eigenvalue weighted by molar-refractivity contribution is 0.418. The standard InChI is InChI=1S/C15H14N2O/c1-4-6-11(5-2)12-7-13-9-16-10-17-15(13)14(8-12)18-3/h4-10H,1-2H2,3H3/b11-6+. The fourth-order valence-corrected chi connectivity index (χ4v) is 1.80. The topological polar surface area (TPSA) is 35.0 Å². The second-order valence-corrected chi connectivity index (χ2v) is 3.70. The van der Waals surface area contributed by atoms with Crippen molar-refractivity contribution >= 4 is 16.5 Å². The zero-order chi connectivity index (χ0) is 13.0. The molecule has 1 aromatic carbocycles. The van der Waals surface area contributed by atoms with Crippen molar-refractivity contribution in [3.8, 4) is 5.75 Å². The number of fused-ring (bicyclic) bond motifs is 1. The first-order valence-corrected chi connectivity index (χ1v) is 5.53. The van der Waals surface area contributed by atoms with Gasteiger partial charge in [0.2, 0.25) is 0 Å². The first kappa shape index (κ1) is 12.0. The van der Waals surface area contributed by atoms with Crippen LogP contribution >= 0.6 is 0 Å². The van der Waals surface area contributed by atoms with Crippen LogP contribution < -0.4 is 4.74 Å². The average Bonchev–Trinajstić information content (AvgIpc) is 2.43. The summed E-state index contributed by atoms with van der Waals surface area (Å²) in [5.74, 6) is 0.724. The average molecular weight is 238 g/mol. The van der Waals surface area contributed by atoms with Gasteiger partial charge in [-0.3, -0.25) is 0 Å². The van der Waals surface area contributed by atoms with E-state index >= 15 is 0 Å². The maximum Gasteiger partial charge on any atom is 0.145 e. The van der Waals surface area contributed by atoms with Gasteiger partial charge in [-0.15, -0.1) is 0 Å². The summed E-state index contributed by atoms with van der Waals surface area (Å²) < 4.78 is 5.36. The van der Waals surface area contributed by atoms with Crippen LogP contribution in [0, 0.1) is 0 Å². The normalized spacial score (nSPS) is 11.3. The smallest absolute Gasteiger partial charge is 0.145 e. The van der Waals surface area contributed by atoms with E-state index in [9.17, 15) is 0 Å². The third-order valence-electron chi connectivity index (χ3n) is 2.64. The van der Waals surface area contributed by atoms with Gasteiger partial charge >= 0.3 is 0 Å². The monoisotopic (exact) mass is 238 g/mol. The molecular weight excluding hydrogens is 224 g/mol. The van der Waals surface area contributed by atoms with Crippen LogP contribution in [0.15, 0.2) is 56.0 Å². The highest BCUT2D eigenvalue weighted by molar-refractivity contribution is 5.89. The summed E-state index contributed by atoms with van der Waals surface area (Å²) in [4.78, 5) is 8.25. The van der Waals surface area contributed by atoms with Crippen LogP contribution in [-0.4, -0.2) is 17.1 Å². The lowest BCUT2D eigenvalue weighted by atomic mass is 10.0. The van der Waals surface area contributed by atoms with Crippen molar-refractivity contribution in [3.05, 3.63) is 61.6 Å². The largest absolute Gasteiger partial charge is 0.494 e. The Morgan fingerprint density at radius 3 is 2.83 bits per heavy atom. The lowest BCUT2D eigenvalue weighted by Gasteiger charge is -2.08. The molecule has 0 aliphatic carbocycles. The number of benzene rings is 1. The van der Waals surface area contributed by atoms with Crippen LogP contribution in [0.5, 0.6) is 5.75 Å². The summed E-state index contributed by atoms with van der Waals surface area (Å²) in [6, 6.07) is 3.95. The van der Waals surface area contributed by atoms with Gasteiger partial charge in [0.05, 0.1) is 7.11 Å². The molecule has 1 aromatic heterocycles. The van der Waals surface area contributed by atoms with Crippen molar-refractivity contribution in [2.24, 2.45) is 0 Å². The first-order valence-electron chi connectivity index (χ1n) is 5.53. The highest BCUT2D eigenvalue weighted by Gasteiger charge is 2.07. The van der Waals surface area contributed by atoms with Crippen molar-refractivity contribution in [1.82, 2.24) is 9.97 Å². The van der Waals surface area contributed by atoms with Gasteiger partial charge in [-0.2, -0.15) is 0 Å². The zero-order valence-corrected chi connectivity index (χ0v) is 10.3. The third kappa shape index (κ3) is 2.15. The SMILES string of the molecule is C=C/C=C(\C=C)c1cc(OC)c2ncncc2c1. The number of allylic oxidation sites excluding steroid dienone is 4. The Hall–Kier alpha value is -2.42. The molecule has 2 rings (SSSR count). The van der Waals surface area contributed by atoms with Crippen LogP contribution in [0.2, 0.25) is 0 Å². The van der Waals surface area contributed by atoms with Crippen molar-refractivity contribution in [2.45, 2.75) is 0 Å². The molecule has 0 amide bonds. The summed E-state index contributed by atoms with van der Waals surface area (Å²) in [6.45, 7) is 7.50. The number of hydrogen-bond acceptors (Lipinski definition) is 3. The number of nitrogens with zero attached hydrogens (tertiary/aromatic N) is 2. The molecule has 0 saturated carbocycles. The maximum atomic E-state index is 5.36. The molecule has 90 valence electrons. The van der Waals surface area contributed by atoms with Gasteiger partial charge in [-0.1, -0.05) is 31.4 Å². The molecule has 0 spiro atoms. The Balaban J connectivity index is 2.70. The molecule has 0 bridgehead atoms. The van der Waals surface area contributed by atoms with Crippen molar-refractivity contribution in [1.29, 1.82) is 0 Å². The van der Waals surface area contributed by atoms with E-state index < -0.39 is 0 Å². The summed E-state index contributed by atoms with van der Waals surface area (Å²) in [5, 5.41) is 0.934. The Bertz CT molecular complexity index is 629. The Kier molecular flexibility index (Phi) is 3.53. The molecule has 1 heterocycles. The van der Waals surface area contributed by atoms with E-state index in [4.69, 9.17) is 4.74 Å². The molecule has 3 nitrogen and oxygen atoms in total. The van der Waals surface area contributed by atoms with E-state index in [1.807, 2.05) is 18.2 Å². The van der Waals surface area contributed by atoms with Gasteiger partial charge in [0.25, 0.3) is 0 Å². The van der Waals surface area contributed by atoms with Gasteiger partial charge < -0.3 is 4.74 Å². The predicted octanol–water partition coefficient (Wildman–Crippen LogP) is 3.39. The molecule has 0 aliphatic heterocycles. The van der Waals surface area contributed by atoms with Crippen molar-refractivity contribution in [3.63, 3.8) is 0 Å². The zero-order valence-electron chi connectivity index (χ0n) is 10.3.